The smallest absolute Gasteiger partial charge is 0.261 e. The number of sulfonamides is 1. The number of nitrogens with two attached hydrogens (primary N) is 1. The molecule has 0 unspecified atom stereocenters. The number of rotatable bonds is 3. The van der Waals surface area contributed by atoms with Crippen LogP contribution in [-0.4, -0.2) is 8.42 Å². The zero-order valence-electron chi connectivity index (χ0n) is 9.92. The number of anilines is 2. The van der Waals surface area contributed by atoms with Gasteiger partial charge in [-0.25, -0.2) is 8.42 Å². The Kier molecular flexibility index (Phi) is 3.25. The minimum atomic E-state index is -3.53. The quantitative estimate of drug-likeness (QED) is 0.834. The van der Waals surface area contributed by atoms with Gasteiger partial charge in [0.25, 0.3) is 10.0 Å². The zero-order chi connectivity index (χ0) is 13.2. The number of aryl methyl sites for hydroxylation is 1. The molecule has 5 heteroatoms. The third-order valence-corrected chi connectivity index (χ3v) is 3.89. The van der Waals surface area contributed by atoms with E-state index in [1.165, 1.54) is 0 Å². The van der Waals surface area contributed by atoms with Gasteiger partial charge in [0.05, 0.1) is 4.90 Å². The van der Waals surface area contributed by atoms with Crippen LogP contribution in [0.3, 0.4) is 0 Å². The first-order chi connectivity index (χ1) is 8.47. The monoisotopic (exact) mass is 262 g/mol. The van der Waals surface area contributed by atoms with Crippen LogP contribution >= 0.6 is 0 Å². The Labute approximate surface area is 107 Å². The van der Waals surface area contributed by atoms with Crippen molar-refractivity contribution in [2.75, 3.05) is 10.5 Å². The molecule has 0 aromatic heterocycles. The number of hydrogen-bond donors (Lipinski definition) is 2. The van der Waals surface area contributed by atoms with E-state index in [2.05, 4.69) is 4.72 Å². The second kappa shape index (κ2) is 4.70. The lowest BCUT2D eigenvalue weighted by atomic mass is 10.2. The van der Waals surface area contributed by atoms with Gasteiger partial charge in [-0.1, -0.05) is 17.7 Å². The van der Waals surface area contributed by atoms with E-state index in [9.17, 15) is 8.42 Å². The van der Waals surface area contributed by atoms with Crippen molar-refractivity contribution >= 4 is 21.4 Å². The third kappa shape index (κ3) is 2.81. The first kappa shape index (κ1) is 12.4. The van der Waals surface area contributed by atoms with Crippen molar-refractivity contribution in [2.24, 2.45) is 0 Å². The zero-order valence-corrected chi connectivity index (χ0v) is 10.7. The highest BCUT2D eigenvalue weighted by atomic mass is 32.2. The molecule has 2 rings (SSSR count). The number of nitrogens with one attached hydrogen (secondary N) is 1. The minimum Gasteiger partial charge on any atom is -0.399 e. The van der Waals surface area contributed by atoms with Gasteiger partial charge in [0.1, 0.15) is 0 Å². The molecule has 0 aliphatic rings. The van der Waals surface area contributed by atoms with Crippen LogP contribution < -0.4 is 10.5 Å². The van der Waals surface area contributed by atoms with Crippen molar-refractivity contribution in [3.8, 4) is 0 Å². The molecule has 2 aromatic carbocycles. The van der Waals surface area contributed by atoms with Gasteiger partial charge in [-0.15, -0.1) is 0 Å². The fraction of sp³-hybridized carbons (Fsp3) is 0.0769. The average molecular weight is 262 g/mol. The normalized spacial score (nSPS) is 11.2. The molecule has 0 bridgehead atoms. The van der Waals surface area contributed by atoms with Crippen molar-refractivity contribution in [2.45, 2.75) is 11.8 Å². The van der Waals surface area contributed by atoms with Crippen LogP contribution in [0.4, 0.5) is 11.4 Å². The lowest BCUT2D eigenvalue weighted by molar-refractivity contribution is 0.601. The van der Waals surface area contributed by atoms with Crippen LogP contribution in [0.2, 0.25) is 0 Å². The predicted molar refractivity (Wildman–Crippen MR) is 72.8 cm³/mol. The van der Waals surface area contributed by atoms with Gasteiger partial charge in [0, 0.05) is 11.4 Å². The van der Waals surface area contributed by atoms with Gasteiger partial charge in [-0.3, -0.25) is 4.72 Å². The molecule has 0 fully saturated rings. The summed E-state index contributed by atoms with van der Waals surface area (Å²) < 4.78 is 26.6. The molecule has 3 N–H and O–H groups in total. The van der Waals surface area contributed by atoms with Gasteiger partial charge in [-0.05, 0) is 43.3 Å². The summed E-state index contributed by atoms with van der Waals surface area (Å²) in [5.41, 5.74) is 7.64. The van der Waals surface area contributed by atoms with Crippen LogP contribution in [0.15, 0.2) is 53.4 Å². The van der Waals surface area contributed by atoms with E-state index in [-0.39, 0.29) is 4.90 Å². The maximum atomic E-state index is 12.1. The van der Waals surface area contributed by atoms with E-state index in [4.69, 9.17) is 5.73 Å². The fourth-order valence-electron chi connectivity index (χ4n) is 1.48. The summed E-state index contributed by atoms with van der Waals surface area (Å²) in [4.78, 5) is 0.241. The summed E-state index contributed by atoms with van der Waals surface area (Å²) in [6.07, 6.45) is 0. The molecule has 0 saturated carbocycles. The summed E-state index contributed by atoms with van der Waals surface area (Å²) in [6, 6.07) is 13.2. The van der Waals surface area contributed by atoms with E-state index in [0.717, 1.165) is 5.56 Å². The first-order valence-electron chi connectivity index (χ1n) is 5.42. The average Bonchev–Trinajstić information content (AvgIpc) is 2.32. The highest BCUT2D eigenvalue weighted by Gasteiger charge is 2.13. The Morgan fingerprint density at radius 1 is 0.944 bits per heavy atom. The van der Waals surface area contributed by atoms with Crippen LogP contribution in [0.1, 0.15) is 5.56 Å². The van der Waals surface area contributed by atoms with Crippen LogP contribution in [0, 0.1) is 6.92 Å². The van der Waals surface area contributed by atoms with Crippen LogP contribution in [0.5, 0.6) is 0 Å². The summed E-state index contributed by atoms with van der Waals surface area (Å²) in [6.45, 7) is 1.91. The van der Waals surface area contributed by atoms with E-state index >= 15 is 0 Å². The lowest BCUT2D eigenvalue weighted by Crippen LogP contribution is -2.12. The molecule has 0 amide bonds. The molecule has 94 valence electrons. The van der Waals surface area contributed by atoms with E-state index in [1.807, 2.05) is 6.92 Å². The number of hydrogen-bond acceptors (Lipinski definition) is 3. The first-order valence-corrected chi connectivity index (χ1v) is 6.91. The van der Waals surface area contributed by atoms with Gasteiger partial charge >= 0.3 is 0 Å². The Balaban J connectivity index is 2.27. The Hall–Kier alpha value is -2.01. The lowest BCUT2D eigenvalue weighted by Gasteiger charge is -2.08. The van der Waals surface area contributed by atoms with Crippen molar-refractivity contribution in [3.05, 3.63) is 54.1 Å². The van der Waals surface area contributed by atoms with Crippen molar-refractivity contribution < 1.29 is 8.42 Å². The van der Waals surface area contributed by atoms with E-state index in [1.54, 1.807) is 48.5 Å². The fourth-order valence-corrected chi connectivity index (χ4v) is 2.54. The molecule has 4 nitrogen and oxygen atoms in total. The van der Waals surface area contributed by atoms with Crippen LogP contribution in [0.25, 0.3) is 0 Å². The maximum absolute atomic E-state index is 12.1. The minimum absolute atomic E-state index is 0.241. The second-order valence-electron chi connectivity index (χ2n) is 4.04. The van der Waals surface area contributed by atoms with Crippen molar-refractivity contribution in [1.29, 1.82) is 0 Å². The molecule has 0 atom stereocenters. The summed E-state index contributed by atoms with van der Waals surface area (Å²) >= 11 is 0. The molecule has 0 aliphatic carbocycles. The van der Waals surface area contributed by atoms with Crippen molar-refractivity contribution in [1.82, 2.24) is 0 Å². The molecule has 0 aliphatic heterocycles. The SMILES string of the molecule is Cc1ccc(S(=O)(=O)Nc2ccc(N)cc2)cc1. The van der Waals surface area contributed by atoms with Crippen molar-refractivity contribution in [3.63, 3.8) is 0 Å². The van der Waals surface area contributed by atoms with Crippen LogP contribution in [-0.2, 0) is 10.0 Å². The molecule has 0 saturated heterocycles. The predicted octanol–water partition coefficient (Wildman–Crippen LogP) is 2.38. The standard InChI is InChI=1S/C13H14N2O2S/c1-10-2-8-13(9-3-10)18(16,17)15-12-6-4-11(14)5-7-12/h2-9,15H,14H2,1H3. The number of nitrogen functional groups attached to an aromatic ring is 1. The summed E-state index contributed by atoms with van der Waals surface area (Å²) in [5, 5.41) is 0. The molecule has 2 aromatic rings. The third-order valence-electron chi connectivity index (χ3n) is 2.49. The Morgan fingerprint density at radius 3 is 2.06 bits per heavy atom. The molecular formula is C13H14N2O2S. The van der Waals surface area contributed by atoms with Gasteiger partial charge < -0.3 is 5.73 Å². The maximum Gasteiger partial charge on any atom is 0.261 e. The largest absolute Gasteiger partial charge is 0.399 e. The molecule has 0 heterocycles. The molecule has 18 heavy (non-hydrogen) atoms. The molecule has 0 spiro atoms. The topological polar surface area (TPSA) is 72.2 Å². The summed E-state index contributed by atoms with van der Waals surface area (Å²) in [7, 11) is -3.53. The van der Waals surface area contributed by atoms with E-state index < -0.39 is 10.0 Å². The highest BCUT2D eigenvalue weighted by molar-refractivity contribution is 7.92. The van der Waals surface area contributed by atoms with Gasteiger partial charge in [-0.2, -0.15) is 0 Å². The second-order valence-corrected chi connectivity index (χ2v) is 5.72. The van der Waals surface area contributed by atoms with E-state index in [0.29, 0.717) is 11.4 Å². The highest BCUT2D eigenvalue weighted by Crippen LogP contribution is 2.17. The summed E-state index contributed by atoms with van der Waals surface area (Å²) in [5.74, 6) is 0. The molecular weight excluding hydrogens is 248 g/mol. The van der Waals surface area contributed by atoms with Gasteiger partial charge in [0.2, 0.25) is 0 Å². The Bertz CT molecular complexity index is 632. The Morgan fingerprint density at radius 2 is 1.50 bits per heavy atom. The molecule has 0 radical (unpaired) electrons. The van der Waals surface area contributed by atoms with Gasteiger partial charge in [0.15, 0.2) is 0 Å². The number of benzene rings is 2.